The first kappa shape index (κ1) is 21.7. The highest BCUT2D eigenvalue weighted by Crippen LogP contribution is 2.50. The van der Waals surface area contributed by atoms with Crippen molar-refractivity contribution in [2.75, 3.05) is 0 Å². The Bertz CT molecular complexity index is 1430. The van der Waals surface area contributed by atoms with Crippen molar-refractivity contribution in [2.24, 2.45) is 0 Å². The largest absolute Gasteiger partial charge is 0.434 e. The van der Waals surface area contributed by atoms with Crippen LogP contribution >= 0.6 is 23.2 Å². The number of halogens is 4. The number of ether oxygens (including phenoxy) is 1. The summed E-state index contributed by atoms with van der Waals surface area (Å²) in [7, 11) is 0. The van der Waals surface area contributed by atoms with Crippen LogP contribution < -0.4 is 21.5 Å². The van der Waals surface area contributed by atoms with Crippen LogP contribution in [-0.4, -0.2) is 30.9 Å². The molecule has 0 bridgehead atoms. The van der Waals surface area contributed by atoms with Gasteiger partial charge in [-0.1, -0.05) is 23.2 Å². The highest BCUT2D eigenvalue weighted by Gasteiger charge is 2.47. The Labute approximate surface area is 186 Å². The van der Waals surface area contributed by atoms with E-state index in [0.717, 1.165) is 6.07 Å². The second-order valence-electron chi connectivity index (χ2n) is 6.93. The quantitative estimate of drug-likeness (QED) is 0.580. The zero-order valence-corrected chi connectivity index (χ0v) is 17.2. The van der Waals surface area contributed by atoms with Crippen molar-refractivity contribution in [3.63, 3.8) is 0 Å². The van der Waals surface area contributed by atoms with E-state index in [0.29, 0.717) is 4.68 Å². The SMILES string of the molecule is N#Cc1nn(-c2cc(Cl)c(Oc3n[nH]c(=O)cc3C3CC(F)(F)C3)c(Cl)c2)c(=O)[nH]c1=O. The van der Waals surface area contributed by atoms with Gasteiger partial charge in [-0.2, -0.15) is 9.94 Å². The van der Waals surface area contributed by atoms with Crippen molar-refractivity contribution in [1.29, 1.82) is 5.26 Å². The van der Waals surface area contributed by atoms with Crippen LogP contribution in [0.15, 0.2) is 32.6 Å². The summed E-state index contributed by atoms with van der Waals surface area (Å²) in [4.78, 5) is 37.2. The van der Waals surface area contributed by atoms with Gasteiger partial charge in [-0.15, -0.1) is 10.2 Å². The van der Waals surface area contributed by atoms with Gasteiger partial charge in [0.15, 0.2) is 5.75 Å². The van der Waals surface area contributed by atoms with Crippen LogP contribution in [0.5, 0.6) is 11.6 Å². The molecule has 0 unspecified atom stereocenters. The fraction of sp³-hybridized carbons (Fsp3) is 0.222. The number of H-pyrrole nitrogens is 2. The lowest BCUT2D eigenvalue weighted by Gasteiger charge is -2.35. The molecule has 2 aromatic heterocycles. The van der Waals surface area contributed by atoms with Crippen molar-refractivity contribution in [1.82, 2.24) is 25.0 Å². The van der Waals surface area contributed by atoms with Crippen molar-refractivity contribution in [3.8, 4) is 23.4 Å². The second-order valence-corrected chi connectivity index (χ2v) is 7.74. The summed E-state index contributed by atoms with van der Waals surface area (Å²) < 4.78 is 33.0. The smallest absolute Gasteiger partial charge is 0.349 e. The highest BCUT2D eigenvalue weighted by atomic mass is 35.5. The maximum Gasteiger partial charge on any atom is 0.349 e. The number of rotatable bonds is 4. The molecule has 2 heterocycles. The average Bonchev–Trinajstić information content (AvgIpc) is 2.69. The molecule has 0 atom stereocenters. The molecule has 0 aliphatic heterocycles. The Morgan fingerprint density at radius 2 is 1.84 bits per heavy atom. The number of aromatic nitrogens is 5. The summed E-state index contributed by atoms with van der Waals surface area (Å²) >= 11 is 12.5. The number of nitrogens with zero attached hydrogens (tertiary/aromatic N) is 4. The van der Waals surface area contributed by atoms with E-state index in [-0.39, 0.29) is 32.9 Å². The highest BCUT2D eigenvalue weighted by molar-refractivity contribution is 6.37. The molecule has 0 saturated heterocycles. The molecule has 1 aliphatic rings. The van der Waals surface area contributed by atoms with Crippen molar-refractivity contribution >= 4 is 23.2 Å². The molecule has 1 saturated carbocycles. The average molecular weight is 483 g/mol. The summed E-state index contributed by atoms with van der Waals surface area (Å²) in [6.45, 7) is 0. The molecule has 14 heteroatoms. The third-order valence-electron chi connectivity index (χ3n) is 4.69. The predicted octanol–water partition coefficient (Wildman–Crippen LogP) is 2.49. The van der Waals surface area contributed by atoms with Gasteiger partial charge < -0.3 is 4.74 Å². The van der Waals surface area contributed by atoms with Crippen LogP contribution in [0.3, 0.4) is 0 Å². The third-order valence-corrected chi connectivity index (χ3v) is 5.25. The maximum atomic E-state index is 13.3. The van der Waals surface area contributed by atoms with Gasteiger partial charge in [0.05, 0.1) is 15.7 Å². The fourth-order valence-electron chi connectivity index (χ4n) is 3.17. The van der Waals surface area contributed by atoms with Crippen molar-refractivity contribution in [3.05, 3.63) is 70.7 Å². The zero-order chi connectivity index (χ0) is 23.2. The Morgan fingerprint density at radius 3 is 2.44 bits per heavy atom. The Morgan fingerprint density at radius 1 is 1.19 bits per heavy atom. The molecule has 164 valence electrons. The van der Waals surface area contributed by atoms with Crippen LogP contribution in [0.4, 0.5) is 8.78 Å². The van der Waals surface area contributed by atoms with E-state index in [4.69, 9.17) is 33.2 Å². The molecule has 1 aromatic carbocycles. The van der Waals surface area contributed by atoms with Crippen LogP contribution in [0, 0.1) is 11.3 Å². The monoisotopic (exact) mass is 482 g/mol. The summed E-state index contributed by atoms with van der Waals surface area (Å²) in [6, 6.07) is 5.11. The van der Waals surface area contributed by atoms with Gasteiger partial charge >= 0.3 is 5.69 Å². The Kier molecular flexibility index (Phi) is 5.31. The molecule has 2 N–H and O–H groups in total. The number of nitrogens with one attached hydrogen (secondary N) is 2. The van der Waals surface area contributed by atoms with E-state index in [2.05, 4.69) is 15.3 Å². The summed E-state index contributed by atoms with van der Waals surface area (Å²) in [5.41, 5.74) is -2.86. The number of hydrogen-bond donors (Lipinski definition) is 2. The molecule has 3 aromatic rings. The van der Waals surface area contributed by atoms with Crippen LogP contribution in [-0.2, 0) is 0 Å². The van der Waals surface area contributed by atoms with Crippen LogP contribution in [0.2, 0.25) is 10.0 Å². The molecule has 0 amide bonds. The van der Waals surface area contributed by atoms with E-state index < -0.39 is 47.2 Å². The lowest BCUT2D eigenvalue weighted by molar-refractivity contribution is -0.0871. The van der Waals surface area contributed by atoms with Gasteiger partial charge in [0.1, 0.15) is 6.07 Å². The van der Waals surface area contributed by atoms with E-state index in [9.17, 15) is 23.2 Å². The normalized spacial score (nSPS) is 15.1. The number of nitriles is 1. The van der Waals surface area contributed by atoms with E-state index in [1.54, 1.807) is 6.07 Å². The second kappa shape index (κ2) is 7.85. The summed E-state index contributed by atoms with van der Waals surface area (Å²) in [5.74, 6) is -3.75. The zero-order valence-electron chi connectivity index (χ0n) is 15.7. The molecule has 0 radical (unpaired) electrons. The molecule has 1 fully saturated rings. The van der Waals surface area contributed by atoms with Gasteiger partial charge in [-0.3, -0.25) is 14.6 Å². The minimum Gasteiger partial charge on any atom is -0.434 e. The first-order valence-electron chi connectivity index (χ1n) is 8.86. The van der Waals surface area contributed by atoms with Gasteiger partial charge in [0.25, 0.3) is 11.1 Å². The van der Waals surface area contributed by atoms with Crippen LogP contribution in [0.25, 0.3) is 5.69 Å². The molecule has 10 nitrogen and oxygen atoms in total. The van der Waals surface area contributed by atoms with Gasteiger partial charge in [-0.05, 0) is 12.1 Å². The number of alkyl halides is 2. The molecule has 0 spiro atoms. The summed E-state index contributed by atoms with van der Waals surface area (Å²) in [6.07, 6.45) is -0.923. The maximum absolute atomic E-state index is 13.3. The number of hydrogen-bond acceptors (Lipinski definition) is 7. The van der Waals surface area contributed by atoms with Gasteiger partial charge in [0, 0.05) is 30.4 Å². The molecular weight excluding hydrogens is 473 g/mol. The van der Waals surface area contributed by atoms with E-state index in [1.165, 1.54) is 12.1 Å². The molecule has 32 heavy (non-hydrogen) atoms. The van der Waals surface area contributed by atoms with Crippen molar-refractivity contribution in [2.45, 2.75) is 24.7 Å². The molecular formula is C18H10Cl2F2N6O4. The summed E-state index contributed by atoms with van der Waals surface area (Å²) in [5, 5.41) is 18.3. The molecule has 1 aliphatic carbocycles. The Balaban J connectivity index is 1.73. The topological polar surface area (TPSA) is 147 Å². The lowest BCUT2D eigenvalue weighted by atomic mass is 9.77. The number of aromatic amines is 2. The van der Waals surface area contributed by atoms with Gasteiger partial charge in [0.2, 0.25) is 17.5 Å². The first-order chi connectivity index (χ1) is 15.1. The first-order valence-corrected chi connectivity index (χ1v) is 9.62. The standard InChI is InChI=1S/C18H10Cl2F2N6O4/c19-10-1-8(28-17(31)24-15(30)12(6-23)27-28)2-11(20)14(10)32-16-9(3-13(29)25-26-16)7-4-18(21,22)5-7/h1-3,7H,4-5H2,(H,25,29)(H,24,30,31). The fourth-order valence-corrected chi connectivity index (χ4v) is 3.72. The minimum atomic E-state index is -2.83. The lowest BCUT2D eigenvalue weighted by Crippen LogP contribution is -2.34. The number of benzene rings is 1. The minimum absolute atomic E-state index is 0.0124. The van der Waals surface area contributed by atoms with Crippen LogP contribution in [0.1, 0.15) is 30.0 Å². The molecule has 4 rings (SSSR count). The Hall–Kier alpha value is -3.56. The van der Waals surface area contributed by atoms with Gasteiger partial charge in [-0.25, -0.2) is 18.7 Å². The third kappa shape index (κ3) is 4.00. The van der Waals surface area contributed by atoms with E-state index >= 15 is 0 Å². The predicted molar refractivity (Wildman–Crippen MR) is 107 cm³/mol. The van der Waals surface area contributed by atoms with Crippen molar-refractivity contribution < 1.29 is 13.5 Å². The van der Waals surface area contributed by atoms with E-state index in [1.807, 2.05) is 4.98 Å².